The first-order valence-corrected chi connectivity index (χ1v) is 7.80. The highest BCUT2D eigenvalue weighted by Gasteiger charge is 2.42. The molecule has 1 aromatic carbocycles. The lowest BCUT2D eigenvalue weighted by atomic mass is 9.95. The Kier molecular flexibility index (Phi) is 3.95. The summed E-state index contributed by atoms with van der Waals surface area (Å²) in [4.78, 5) is 26.3. The van der Waals surface area contributed by atoms with Crippen LogP contribution in [0.25, 0.3) is 0 Å². The zero-order valence-electron chi connectivity index (χ0n) is 12.4. The second-order valence-electron chi connectivity index (χ2n) is 6.27. The van der Waals surface area contributed by atoms with Gasteiger partial charge in [0.2, 0.25) is 11.8 Å². The molecule has 2 amide bonds. The Morgan fingerprint density at radius 1 is 1.14 bits per heavy atom. The summed E-state index contributed by atoms with van der Waals surface area (Å²) >= 11 is 0. The van der Waals surface area contributed by atoms with E-state index in [1.54, 1.807) is 0 Å². The summed E-state index contributed by atoms with van der Waals surface area (Å²) in [5, 5.41) is 2.96. The van der Waals surface area contributed by atoms with Gasteiger partial charge in [0, 0.05) is 30.6 Å². The number of anilines is 1. The number of nitrogens with one attached hydrogen (secondary N) is 1. The van der Waals surface area contributed by atoms with E-state index in [2.05, 4.69) is 12.2 Å². The molecule has 1 aliphatic carbocycles. The van der Waals surface area contributed by atoms with Crippen molar-refractivity contribution in [3.05, 3.63) is 30.3 Å². The van der Waals surface area contributed by atoms with Crippen LogP contribution in [0.1, 0.15) is 26.2 Å². The van der Waals surface area contributed by atoms with Gasteiger partial charge < -0.3 is 10.2 Å². The Hall–Kier alpha value is -1.84. The maximum absolute atomic E-state index is 12.2. The summed E-state index contributed by atoms with van der Waals surface area (Å²) < 4.78 is 0. The average molecular weight is 286 g/mol. The van der Waals surface area contributed by atoms with Gasteiger partial charge in [0.05, 0.1) is 0 Å². The Morgan fingerprint density at radius 2 is 1.76 bits per heavy atom. The van der Waals surface area contributed by atoms with Crippen LogP contribution in [0.3, 0.4) is 0 Å². The topological polar surface area (TPSA) is 49.4 Å². The minimum atomic E-state index is 0.0193. The van der Waals surface area contributed by atoms with Gasteiger partial charge in [-0.2, -0.15) is 0 Å². The zero-order valence-corrected chi connectivity index (χ0v) is 12.4. The normalized spacial score (nSPS) is 25.5. The highest BCUT2D eigenvalue weighted by Crippen LogP contribution is 2.39. The van der Waals surface area contributed by atoms with Gasteiger partial charge in [-0.3, -0.25) is 9.59 Å². The number of para-hydroxylation sites is 1. The molecule has 2 fully saturated rings. The molecule has 1 saturated heterocycles. The molecule has 0 radical (unpaired) electrons. The highest BCUT2D eigenvalue weighted by atomic mass is 16.2. The van der Waals surface area contributed by atoms with E-state index < -0.39 is 0 Å². The largest absolute Gasteiger partial charge is 0.342 e. The van der Waals surface area contributed by atoms with Crippen molar-refractivity contribution in [3.8, 4) is 0 Å². The van der Waals surface area contributed by atoms with Crippen LogP contribution >= 0.6 is 0 Å². The first-order chi connectivity index (χ1) is 10.1. The second-order valence-corrected chi connectivity index (χ2v) is 6.27. The monoisotopic (exact) mass is 286 g/mol. The third-order valence-electron chi connectivity index (χ3n) is 4.65. The van der Waals surface area contributed by atoms with Crippen molar-refractivity contribution in [2.75, 3.05) is 18.4 Å². The van der Waals surface area contributed by atoms with E-state index >= 15 is 0 Å². The maximum atomic E-state index is 12.2. The van der Waals surface area contributed by atoms with Gasteiger partial charge in [-0.05, 0) is 37.3 Å². The van der Waals surface area contributed by atoms with Crippen molar-refractivity contribution in [2.45, 2.75) is 26.2 Å². The minimum Gasteiger partial charge on any atom is -0.342 e. The van der Waals surface area contributed by atoms with Crippen LogP contribution in [0.15, 0.2) is 30.3 Å². The summed E-state index contributed by atoms with van der Waals surface area (Å²) in [6, 6.07) is 9.54. The molecule has 21 heavy (non-hydrogen) atoms. The van der Waals surface area contributed by atoms with E-state index in [1.807, 2.05) is 35.2 Å². The molecule has 1 saturated carbocycles. The standard InChI is InChI=1S/C17H22N2O2/c1-12-11-15(12)17(21)19-9-7-13(8-10-19)16(20)18-14-5-3-2-4-6-14/h2-6,12-13,15H,7-11H2,1H3,(H,18,20). The molecule has 0 spiro atoms. The molecule has 2 atom stereocenters. The molecule has 1 aromatic rings. The van der Waals surface area contributed by atoms with Crippen LogP contribution in [0, 0.1) is 17.8 Å². The molecule has 4 nitrogen and oxygen atoms in total. The number of piperidine rings is 1. The van der Waals surface area contributed by atoms with Gasteiger partial charge in [-0.1, -0.05) is 25.1 Å². The van der Waals surface area contributed by atoms with Crippen molar-refractivity contribution >= 4 is 17.5 Å². The van der Waals surface area contributed by atoms with E-state index in [-0.39, 0.29) is 17.7 Å². The zero-order chi connectivity index (χ0) is 14.8. The van der Waals surface area contributed by atoms with Crippen molar-refractivity contribution < 1.29 is 9.59 Å². The summed E-state index contributed by atoms with van der Waals surface area (Å²) in [5.41, 5.74) is 0.841. The fraction of sp³-hybridized carbons (Fsp3) is 0.529. The average Bonchev–Trinajstić information content (AvgIpc) is 3.24. The number of hydrogen-bond donors (Lipinski definition) is 1. The molecule has 2 unspecified atom stereocenters. The number of carbonyl (C=O) groups excluding carboxylic acids is 2. The van der Waals surface area contributed by atoms with Gasteiger partial charge >= 0.3 is 0 Å². The minimum absolute atomic E-state index is 0.0193. The Balaban J connectivity index is 1.49. The van der Waals surface area contributed by atoms with Crippen LogP contribution in [0.2, 0.25) is 0 Å². The van der Waals surface area contributed by atoms with Crippen LogP contribution in [0.4, 0.5) is 5.69 Å². The van der Waals surface area contributed by atoms with E-state index in [0.717, 1.165) is 38.0 Å². The fourth-order valence-electron chi connectivity index (χ4n) is 3.03. The first kappa shape index (κ1) is 14.1. The summed E-state index contributed by atoms with van der Waals surface area (Å²) in [6.07, 6.45) is 2.57. The summed E-state index contributed by atoms with van der Waals surface area (Å²) in [7, 11) is 0. The fourth-order valence-corrected chi connectivity index (χ4v) is 3.03. The van der Waals surface area contributed by atoms with Gasteiger partial charge in [0.25, 0.3) is 0 Å². The molecule has 112 valence electrons. The first-order valence-electron chi connectivity index (χ1n) is 7.80. The number of benzene rings is 1. The van der Waals surface area contributed by atoms with E-state index in [4.69, 9.17) is 0 Å². The molecule has 1 N–H and O–H groups in total. The van der Waals surface area contributed by atoms with Crippen molar-refractivity contribution in [2.24, 2.45) is 17.8 Å². The van der Waals surface area contributed by atoms with Gasteiger partial charge in [-0.15, -0.1) is 0 Å². The molecule has 3 rings (SSSR count). The predicted molar refractivity (Wildman–Crippen MR) is 81.6 cm³/mol. The third-order valence-corrected chi connectivity index (χ3v) is 4.65. The lowest BCUT2D eigenvalue weighted by Crippen LogP contribution is -2.42. The predicted octanol–water partition coefficient (Wildman–Crippen LogP) is 2.52. The Bertz CT molecular complexity index is 521. The molecule has 0 bridgehead atoms. The molecule has 0 aromatic heterocycles. The lowest BCUT2D eigenvalue weighted by Gasteiger charge is -2.31. The van der Waals surface area contributed by atoms with Crippen molar-refractivity contribution in [1.29, 1.82) is 0 Å². The van der Waals surface area contributed by atoms with Crippen molar-refractivity contribution in [1.82, 2.24) is 4.90 Å². The summed E-state index contributed by atoms with van der Waals surface area (Å²) in [6.45, 7) is 3.56. The Morgan fingerprint density at radius 3 is 2.33 bits per heavy atom. The van der Waals surface area contributed by atoms with Crippen LogP contribution in [0.5, 0.6) is 0 Å². The number of hydrogen-bond acceptors (Lipinski definition) is 2. The molecule has 1 aliphatic heterocycles. The molecule has 4 heteroatoms. The quantitative estimate of drug-likeness (QED) is 0.928. The van der Waals surface area contributed by atoms with E-state index in [0.29, 0.717) is 11.8 Å². The lowest BCUT2D eigenvalue weighted by molar-refractivity contribution is -0.136. The SMILES string of the molecule is CC1CC1C(=O)N1CCC(C(=O)Nc2ccccc2)CC1. The number of rotatable bonds is 3. The van der Waals surface area contributed by atoms with Crippen LogP contribution in [-0.4, -0.2) is 29.8 Å². The number of carbonyl (C=O) groups is 2. The van der Waals surface area contributed by atoms with Crippen molar-refractivity contribution in [3.63, 3.8) is 0 Å². The molecule has 2 aliphatic rings. The molecule has 1 heterocycles. The van der Waals surface area contributed by atoms with Crippen LogP contribution in [-0.2, 0) is 9.59 Å². The highest BCUT2D eigenvalue weighted by molar-refractivity contribution is 5.92. The maximum Gasteiger partial charge on any atom is 0.227 e. The van der Waals surface area contributed by atoms with Crippen LogP contribution < -0.4 is 5.32 Å². The molecular formula is C17H22N2O2. The number of amides is 2. The van der Waals surface area contributed by atoms with E-state index in [9.17, 15) is 9.59 Å². The Labute approximate surface area is 125 Å². The number of nitrogens with zero attached hydrogens (tertiary/aromatic N) is 1. The molecular weight excluding hydrogens is 264 g/mol. The van der Waals surface area contributed by atoms with E-state index in [1.165, 1.54) is 0 Å². The number of likely N-dealkylation sites (tertiary alicyclic amines) is 1. The van der Waals surface area contributed by atoms with Gasteiger partial charge in [-0.25, -0.2) is 0 Å². The van der Waals surface area contributed by atoms with Gasteiger partial charge in [0.1, 0.15) is 0 Å². The second kappa shape index (κ2) is 5.88. The summed E-state index contributed by atoms with van der Waals surface area (Å²) in [5.74, 6) is 1.19. The smallest absolute Gasteiger partial charge is 0.227 e. The third kappa shape index (κ3) is 3.26. The van der Waals surface area contributed by atoms with Gasteiger partial charge in [0.15, 0.2) is 0 Å².